The van der Waals surface area contributed by atoms with Crippen LogP contribution in [0.1, 0.15) is 5.69 Å². The van der Waals surface area contributed by atoms with Gasteiger partial charge in [-0.3, -0.25) is 4.98 Å². The molecular formula is C22H21N5O2. The van der Waals surface area contributed by atoms with E-state index in [-0.39, 0.29) is 0 Å². The molecule has 29 heavy (non-hydrogen) atoms. The number of nitrogens with zero attached hydrogens (tertiary/aromatic N) is 3. The van der Waals surface area contributed by atoms with Crippen molar-refractivity contribution < 1.29 is 9.47 Å². The zero-order chi connectivity index (χ0) is 20.2. The van der Waals surface area contributed by atoms with E-state index in [1.165, 1.54) is 0 Å². The summed E-state index contributed by atoms with van der Waals surface area (Å²) in [5, 5.41) is 7.64. The van der Waals surface area contributed by atoms with Gasteiger partial charge in [0.2, 0.25) is 5.95 Å². The van der Waals surface area contributed by atoms with Crippen LogP contribution >= 0.6 is 0 Å². The highest BCUT2D eigenvalue weighted by molar-refractivity contribution is 5.91. The Kier molecular flexibility index (Phi) is 5.11. The Morgan fingerprint density at radius 2 is 1.66 bits per heavy atom. The van der Waals surface area contributed by atoms with E-state index in [9.17, 15) is 0 Å². The molecule has 0 amide bonds. The highest BCUT2D eigenvalue weighted by Gasteiger charge is 2.09. The zero-order valence-corrected chi connectivity index (χ0v) is 16.4. The summed E-state index contributed by atoms with van der Waals surface area (Å²) in [5.74, 6) is 2.45. The number of fused-ring (bicyclic) bond motifs is 1. The van der Waals surface area contributed by atoms with Crippen LogP contribution < -0.4 is 20.1 Å². The van der Waals surface area contributed by atoms with Crippen molar-refractivity contribution in [3.05, 3.63) is 66.5 Å². The lowest BCUT2D eigenvalue weighted by Gasteiger charge is -2.13. The van der Waals surface area contributed by atoms with Gasteiger partial charge in [-0.05, 0) is 31.2 Å². The summed E-state index contributed by atoms with van der Waals surface area (Å²) < 4.78 is 10.6. The maximum atomic E-state index is 5.36. The molecule has 0 aliphatic carbocycles. The predicted molar refractivity (Wildman–Crippen MR) is 115 cm³/mol. The number of benzene rings is 2. The van der Waals surface area contributed by atoms with Crippen molar-refractivity contribution in [2.75, 3.05) is 24.9 Å². The number of hydrogen-bond acceptors (Lipinski definition) is 7. The first-order valence-corrected chi connectivity index (χ1v) is 9.12. The average molecular weight is 387 g/mol. The van der Waals surface area contributed by atoms with Gasteiger partial charge in [-0.2, -0.15) is 4.98 Å². The number of ether oxygens (including phenoxy) is 2. The zero-order valence-electron chi connectivity index (χ0n) is 16.4. The molecule has 0 spiro atoms. The molecule has 0 bridgehead atoms. The van der Waals surface area contributed by atoms with Crippen LogP contribution in [-0.2, 0) is 0 Å². The molecule has 2 aromatic carbocycles. The monoisotopic (exact) mass is 387 g/mol. The molecule has 2 aromatic heterocycles. The molecule has 0 radical (unpaired) electrons. The Labute approximate surface area is 168 Å². The van der Waals surface area contributed by atoms with Crippen molar-refractivity contribution >= 4 is 34.0 Å². The van der Waals surface area contributed by atoms with E-state index in [0.29, 0.717) is 23.3 Å². The maximum Gasteiger partial charge on any atom is 0.229 e. The third kappa shape index (κ3) is 4.03. The van der Waals surface area contributed by atoms with Gasteiger partial charge in [0.1, 0.15) is 5.82 Å². The summed E-state index contributed by atoms with van der Waals surface area (Å²) in [7, 11) is 3.21. The topological polar surface area (TPSA) is 81.2 Å². The Bertz CT molecular complexity index is 1160. The summed E-state index contributed by atoms with van der Waals surface area (Å²) >= 11 is 0. The van der Waals surface area contributed by atoms with Crippen LogP contribution in [0, 0.1) is 6.92 Å². The number of hydrogen-bond donors (Lipinski definition) is 2. The molecule has 4 aromatic rings. The number of aryl methyl sites for hydroxylation is 1. The molecule has 2 heterocycles. The standard InChI is InChI=1S/C22H21N5O2/c1-14-12-20(26-17-8-4-6-15-7-5-11-23-21(15)17)27-22(24-14)25-16-9-10-18(28-2)19(13-16)29-3/h4-13H,1-3H3,(H2,24,25,26,27). The van der Waals surface area contributed by atoms with Crippen molar-refractivity contribution in [3.63, 3.8) is 0 Å². The SMILES string of the molecule is COc1ccc(Nc2nc(C)cc(Nc3cccc4cccnc34)n2)cc1OC. The number of methoxy groups -OCH3 is 2. The predicted octanol–water partition coefficient (Wildman–Crippen LogP) is 4.84. The van der Waals surface area contributed by atoms with Crippen molar-refractivity contribution in [1.82, 2.24) is 15.0 Å². The van der Waals surface area contributed by atoms with E-state index in [1.54, 1.807) is 20.4 Å². The summed E-state index contributed by atoms with van der Waals surface area (Å²) in [6, 6.07) is 17.4. The number of rotatable bonds is 6. The van der Waals surface area contributed by atoms with Gasteiger partial charge in [0, 0.05) is 35.1 Å². The molecule has 0 saturated carbocycles. The molecule has 0 saturated heterocycles. The van der Waals surface area contributed by atoms with Gasteiger partial charge in [-0.25, -0.2) is 4.98 Å². The maximum absolute atomic E-state index is 5.36. The van der Waals surface area contributed by atoms with Gasteiger partial charge in [0.25, 0.3) is 0 Å². The average Bonchev–Trinajstić information content (AvgIpc) is 2.73. The molecule has 7 nitrogen and oxygen atoms in total. The van der Waals surface area contributed by atoms with Crippen LogP contribution in [0.4, 0.5) is 23.1 Å². The number of nitrogens with one attached hydrogen (secondary N) is 2. The van der Waals surface area contributed by atoms with Crippen molar-refractivity contribution in [1.29, 1.82) is 0 Å². The van der Waals surface area contributed by atoms with Crippen LogP contribution in [0.2, 0.25) is 0 Å². The van der Waals surface area contributed by atoms with Gasteiger partial charge in [0.05, 0.1) is 25.4 Å². The Hall–Kier alpha value is -3.87. The third-order valence-electron chi connectivity index (χ3n) is 4.39. The molecule has 0 aliphatic rings. The first-order chi connectivity index (χ1) is 14.2. The summed E-state index contributed by atoms with van der Waals surface area (Å²) in [6.07, 6.45) is 1.78. The largest absolute Gasteiger partial charge is 0.493 e. The smallest absolute Gasteiger partial charge is 0.229 e. The molecule has 7 heteroatoms. The lowest BCUT2D eigenvalue weighted by Crippen LogP contribution is -2.03. The van der Waals surface area contributed by atoms with Crippen LogP contribution in [0.25, 0.3) is 10.9 Å². The first kappa shape index (κ1) is 18.5. The Balaban J connectivity index is 1.63. The number of anilines is 4. The minimum absolute atomic E-state index is 0.480. The fourth-order valence-corrected chi connectivity index (χ4v) is 3.07. The quantitative estimate of drug-likeness (QED) is 0.490. The van der Waals surface area contributed by atoms with Gasteiger partial charge in [-0.1, -0.05) is 18.2 Å². The van der Waals surface area contributed by atoms with E-state index < -0.39 is 0 Å². The Morgan fingerprint density at radius 1 is 0.828 bits per heavy atom. The van der Waals surface area contributed by atoms with Crippen LogP contribution in [0.5, 0.6) is 11.5 Å². The molecular weight excluding hydrogens is 366 g/mol. The number of para-hydroxylation sites is 1. The van der Waals surface area contributed by atoms with Crippen LogP contribution in [0.3, 0.4) is 0 Å². The van der Waals surface area contributed by atoms with Gasteiger partial charge in [0.15, 0.2) is 11.5 Å². The molecule has 0 fully saturated rings. The minimum atomic E-state index is 0.480. The Morgan fingerprint density at radius 3 is 2.48 bits per heavy atom. The summed E-state index contributed by atoms with van der Waals surface area (Å²) in [5.41, 5.74) is 3.41. The summed E-state index contributed by atoms with van der Waals surface area (Å²) in [4.78, 5) is 13.6. The fourth-order valence-electron chi connectivity index (χ4n) is 3.07. The minimum Gasteiger partial charge on any atom is -0.493 e. The number of pyridine rings is 1. The van der Waals surface area contributed by atoms with E-state index >= 15 is 0 Å². The molecule has 146 valence electrons. The first-order valence-electron chi connectivity index (χ1n) is 9.12. The lowest BCUT2D eigenvalue weighted by molar-refractivity contribution is 0.355. The summed E-state index contributed by atoms with van der Waals surface area (Å²) in [6.45, 7) is 1.92. The van der Waals surface area contributed by atoms with E-state index in [0.717, 1.165) is 28.0 Å². The molecule has 0 atom stereocenters. The highest BCUT2D eigenvalue weighted by Crippen LogP contribution is 2.31. The molecule has 0 unspecified atom stereocenters. The lowest BCUT2D eigenvalue weighted by atomic mass is 10.2. The second kappa shape index (κ2) is 8.02. The van der Waals surface area contributed by atoms with Crippen molar-refractivity contribution in [2.24, 2.45) is 0 Å². The molecule has 2 N–H and O–H groups in total. The van der Waals surface area contributed by atoms with Gasteiger partial charge < -0.3 is 20.1 Å². The second-order valence-corrected chi connectivity index (χ2v) is 6.42. The fraction of sp³-hybridized carbons (Fsp3) is 0.136. The second-order valence-electron chi connectivity index (χ2n) is 6.42. The number of aromatic nitrogens is 3. The van der Waals surface area contributed by atoms with E-state index in [1.807, 2.05) is 61.5 Å². The normalized spacial score (nSPS) is 10.6. The highest BCUT2D eigenvalue weighted by atomic mass is 16.5. The van der Waals surface area contributed by atoms with E-state index in [2.05, 4.69) is 25.6 Å². The molecule has 0 aliphatic heterocycles. The van der Waals surface area contributed by atoms with Crippen molar-refractivity contribution in [2.45, 2.75) is 6.92 Å². The molecule has 4 rings (SSSR count). The van der Waals surface area contributed by atoms with Crippen LogP contribution in [-0.4, -0.2) is 29.2 Å². The van der Waals surface area contributed by atoms with E-state index in [4.69, 9.17) is 9.47 Å². The van der Waals surface area contributed by atoms with Gasteiger partial charge >= 0.3 is 0 Å². The van der Waals surface area contributed by atoms with Crippen molar-refractivity contribution in [3.8, 4) is 11.5 Å². The third-order valence-corrected chi connectivity index (χ3v) is 4.39. The van der Waals surface area contributed by atoms with Crippen LogP contribution in [0.15, 0.2) is 60.8 Å². The van der Waals surface area contributed by atoms with Gasteiger partial charge in [-0.15, -0.1) is 0 Å².